The lowest BCUT2D eigenvalue weighted by atomic mass is 9.92. The molecule has 0 aliphatic carbocycles. The predicted octanol–water partition coefficient (Wildman–Crippen LogP) is 0.518. The molecule has 0 atom stereocenters. The van der Waals surface area contributed by atoms with Gasteiger partial charge in [0.2, 0.25) is 15.9 Å². The van der Waals surface area contributed by atoms with Crippen molar-refractivity contribution in [1.29, 1.82) is 0 Å². The topological polar surface area (TPSA) is 101 Å². The van der Waals surface area contributed by atoms with Crippen molar-refractivity contribution in [3.05, 3.63) is 24.3 Å². The maximum atomic E-state index is 11.9. The fraction of sp³-hybridized carbons (Fsp3) is 0.417. The van der Waals surface area contributed by atoms with Crippen LogP contribution in [0.25, 0.3) is 0 Å². The third-order valence-electron chi connectivity index (χ3n) is 2.82. The average Bonchev–Trinajstić information content (AvgIpc) is 2.39. The van der Waals surface area contributed by atoms with E-state index in [-0.39, 0.29) is 17.3 Å². The third-order valence-corrected chi connectivity index (χ3v) is 4.25. The minimum atomic E-state index is -3.46. The highest BCUT2D eigenvalue weighted by Gasteiger charge is 2.25. The molecule has 0 aliphatic rings. The highest BCUT2D eigenvalue weighted by Crippen LogP contribution is 2.18. The molecule has 0 radical (unpaired) electrons. The number of nitrogens with two attached hydrogens (primary N) is 1. The molecule has 0 unspecified atom stereocenters. The van der Waals surface area contributed by atoms with Gasteiger partial charge in [0.25, 0.3) is 0 Å². The van der Waals surface area contributed by atoms with Crippen LogP contribution >= 0.6 is 0 Å². The number of hydrogen-bond donors (Lipinski definition) is 3. The number of carbonyl (C=O) groups excluding carboxylic acids is 1. The summed E-state index contributed by atoms with van der Waals surface area (Å²) in [5.41, 5.74) is 5.37. The van der Waals surface area contributed by atoms with Crippen molar-refractivity contribution in [3.63, 3.8) is 0 Å². The lowest BCUT2D eigenvalue weighted by Crippen LogP contribution is -2.37. The van der Waals surface area contributed by atoms with Gasteiger partial charge in [-0.25, -0.2) is 13.1 Å². The summed E-state index contributed by atoms with van der Waals surface area (Å²) >= 11 is 0. The SMILES string of the molecule is CNS(=O)(=O)c1ccc(NC(=O)C(C)(C)CN)cc1. The first kappa shape index (κ1) is 15.6. The Bertz CT molecular complexity index is 550. The van der Waals surface area contributed by atoms with E-state index in [9.17, 15) is 13.2 Å². The fourth-order valence-electron chi connectivity index (χ4n) is 1.23. The zero-order valence-electron chi connectivity index (χ0n) is 11.2. The normalized spacial score (nSPS) is 12.2. The molecule has 1 amide bonds. The molecule has 0 saturated heterocycles. The first-order valence-corrected chi connectivity index (χ1v) is 7.26. The molecular formula is C12H19N3O3S. The number of hydrogen-bond acceptors (Lipinski definition) is 4. The van der Waals surface area contributed by atoms with Gasteiger partial charge in [0.1, 0.15) is 0 Å². The van der Waals surface area contributed by atoms with Crippen molar-refractivity contribution < 1.29 is 13.2 Å². The van der Waals surface area contributed by atoms with Gasteiger partial charge < -0.3 is 11.1 Å². The summed E-state index contributed by atoms with van der Waals surface area (Å²) in [5.74, 6) is -0.209. The molecule has 0 bridgehead atoms. The van der Waals surface area contributed by atoms with E-state index in [4.69, 9.17) is 5.73 Å². The minimum absolute atomic E-state index is 0.145. The monoisotopic (exact) mass is 285 g/mol. The molecule has 0 spiro atoms. The van der Waals surface area contributed by atoms with Crippen LogP contribution in [0, 0.1) is 5.41 Å². The van der Waals surface area contributed by atoms with Crippen LogP contribution in [0.15, 0.2) is 29.2 Å². The number of anilines is 1. The van der Waals surface area contributed by atoms with E-state index in [0.29, 0.717) is 5.69 Å². The molecule has 106 valence electrons. The van der Waals surface area contributed by atoms with Gasteiger partial charge in [0.05, 0.1) is 10.3 Å². The van der Waals surface area contributed by atoms with Crippen molar-refractivity contribution in [2.24, 2.45) is 11.1 Å². The Morgan fingerprint density at radius 1 is 1.26 bits per heavy atom. The molecule has 0 fully saturated rings. The van der Waals surface area contributed by atoms with Gasteiger partial charge in [-0.1, -0.05) is 0 Å². The number of sulfonamides is 1. The summed E-state index contributed by atoms with van der Waals surface area (Å²) in [6, 6.07) is 5.93. The Morgan fingerprint density at radius 2 is 1.79 bits per heavy atom. The Hall–Kier alpha value is -1.44. The van der Waals surface area contributed by atoms with Gasteiger partial charge >= 0.3 is 0 Å². The largest absolute Gasteiger partial charge is 0.329 e. The number of carbonyl (C=O) groups is 1. The highest BCUT2D eigenvalue weighted by molar-refractivity contribution is 7.89. The quantitative estimate of drug-likeness (QED) is 0.734. The molecule has 6 nitrogen and oxygen atoms in total. The maximum absolute atomic E-state index is 11.9. The molecule has 0 aliphatic heterocycles. The molecule has 1 aromatic carbocycles. The summed E-state index contributed by atoms with van der Waals surface area (Å²) in [6.45, 7) is 3.70. The van der Waals surface area contributed by atoms with Crippen molar-refractivity contribution >= 4 is 21.6 Å². The summed E-state index contributed by atoms with van der Waals surface area (Å²) in [5, 5.41) is 2.70. The van der Waals surface area contributed by atoms with Crippen LogP contribution in [-0.4, -0.2) is 27.9 Å². The summed E-state index contributed by atoms with van der Waals surface area (Å²) < 4.78 is 25.3. The van der Waals surface area contributed by atoms with Crippen LogP contribution in [0.3, 0.4) is 0 Å². The second-order valence-corrected chi connectivity index (χ2v) is 6.66. The zero-order chi connectivity index (χ0) is 14.7. The average molecular weight is 285 g/mol. The van der Waals surface area contributed by atoms with Crippen LogP contribution in [-0.2, 0) is 14.8 Å². The smallest absolute Gasteiger partial charge is 0.240 e. The Labute approximate surface area is 113 Å². The zero-order valence-corrected chi connectivity index (χ0v) is 12.0. The van der Waals surface area contributed by atoms with E-state index >= 15 is 0 Å². The number of rotatable bonds is 5. The number of amides is 1. The van der Waals surface area contributed by atoms with Gasteiger partial charge in [-0.3, -0.25) is 4.79 Å². The molecule has 0 aromatic heterocycles. The van der Waals surface area contributed by atoms with Crippen LogP contribution in [0.5, 0.6) is 0 Å². The lowest BCUT2D eigenvalue weighted by Gasteiger charge is -2.21. The van der Waals surface area contributed by atoms with Gasteiger partial charge in [0, 0.05) is 12.2 Å². The fourth-order valence-corrected chi connectivity index (χ4v) is 1.96. The van der Waals surface area contributed by atoms with E-state index in [0.717, 1.165) is 0 Å². The summed E-state index contributed by atoms with van der Waals surface area (Å²) in [6.07, 6.45) is 0. The first-order valence-electron chi connectivity index (χ1n) is 5.78. The second-order valence-electron chi connectivity index (χ2n) is 4.77. The van der Waals surface area contributed by atoms with Crippen LogP contribution in [0.4, 0.5) is 5.69 Å². The Balaban J connectivity index is 2.87. The summed E-state index contributed by atoms with van der Waals surface area (Å²) in [7, 11) is -2.12. The molecule has 7 heteroatoms. The van der Waals surface area contributed by atoms with Crippen LogP contribution < -0.4 is 15.8 Å². The molecule has 1 rings (SSSR count). The molecule has 1 aromatic rings. The maximum Gasteiger partial charge on any atom is 0.240 e. The third kappa shape index (κ3) is 3.76. The number of benzene rings is 1. The van der Waals surface area contributed by atoms with Crippen molar-refractivity contribution in [1.82, 2.24) is 4.72 Å². The Morgan fingerprint density at radius 3 is 2.21 bits per heavy atom. The predicted molar refractivity (Wildman–Crippen MR) is 74.2 cm³/mol. The van der Waals surface area contributed by atoms with Gasteiger partial charge in [-0.2, -0.15) is 0 Å². The lowest BCUT2D eigenvalue weighted by molar-refractivity contribution is -0.123. The van der Waals surface area contributed by atoms with Crippen molar-refractivity contribution in [2.75, 3.05) is 18.9 Å². The van der Waals surface area contributed by atoms with Gasteiger partial charge in [-0.15, -0.1) is 0 Å². The number of nitrogens with one attached hydrogen (secondary N) is 2. The standard InChI is InChI=1S/C12H19N3O3S/c1-12(2,8-13)11(16)15-9-4-6-10(7-5-9)19(17,18)14-3/h4-7,14H,8,13H2,1-3H3,(H,15,16). The molecule has 4 N–H and O–H groups in total. The van der Waals surface area contributed by atoms with Crippen molar-refractivity contribution in [2.45, 2.75) is 18.7 Å². The van der Waals surface area contributed by atoms with Gasteiger partial charge in [-0.05, 0) is 45.2 Å². The Kier molecular flexibility index (Phi) is 4.67. The highest BCUT2D eigenvalue weighted by atomic mass is 32.2. The van der Waals surface area contributed by atoms with E-state index < -0.39 is 15.4 Å². The molecular weight excluding hydrogens is 266 g/mol. The summed E-state index contributed by atoms with van der Waals surface area (Å²) in [4.78, 5) is 12.0. The van der Waals surface area contributed by atoms with E-state index in [2.05, 4.69) is 10.0 Å². The van der Waals surface area contributed by atoms with Crippen LogP contribution in [0.1, 0.15) is 13.8 Å². The van der Waals surface area contributed by atoms with Crippen molar-refractivity contribution in [3.8, 4) is 0 Å². The first-order chi connectivity index (χ1) is 8.73. The molecule has 19 heavy (non-hydrogen) atoms. The molecule has 0 heterocycles. The van der Waals surface area contributed by atoms with Crippen LogP contribution in [0.2, 0.25) is 0 Å². The second kappa shape index (κ2) is 5.68. The minimum Gasteiger partial charge on any atom is -0.329 e. The van der Waals surface area contributed by atoms with E-state index in [1.54, 1.807) is 13.8 Å². The van der Waals surface area contributed by atoms with Gasteiger partial charge in [0.15, 0.2) is 0 Å². The van der Waals surface area contributed by atoms with E-state index in [1.807, 2.05) is 0 Å². The van der Waals surface area contributed by atoms with E-state index in [1.165, 1.54) is 31.3 Å². The molecule has 0 saturated carbocycles.